The predicted octanol–water partition coefficient (Wildman–Crippen LogP) is 3.83. The maximum absolute atomic E-state index is 14.0. The molecule has 1 aromatic heterocycles. The molecule has 0 saturated heterocycles. The number of nitrogens with zero attached hydrogens (tertiary/aromatic N) is 2. The van der Waals surface area contributed by atoms with Crippen molar-refractivity contribution in [2.45, 2.75) is 6.61 Å². The van der Waals surface area contributed by atoms with Crippen LogP contribution in [0.3, 0.4) is 0 Å². The average Bonchev–Trinajstić information content (AvgIpc) is 3.03. The maximum Gasteiger partial charge on any atom is 0.278 e. The molecule has 0 amide bonds. The first-order valence-corrected chi connectivity index (χ1v) is 6.92. The van der Waals surface area contributed by atoms with Gasteiger partial charge in [-0.1, -0.05) is 17.3 Å². The highest BCUT2D eigenvalue weighted by molar-refractivity contribution is 5.78. The van der Waals surface area contributed by atoms with Gasteiger partial charge in [0, 0.05) is 6.07 Å². The van der Waals surface area contributed by atoms with Crippen LogP contribution in [0.4, 0.5) is 18.9 Å². The van der Waals surface area contributed by atoms with Crippen LogP contribution in [0, 0.1) is 27.6 Å². The maximum atomic E-state index is 14.0. The molecule has 0 aliphatic rings. The summed E-state index contributed by atoms with van der Waals surface area (Å²) in [6, 6.07) is 7.18. The van der Waals surface area contributed by atoms with Crippen molar-refractivity contribution in [2.24, 2.45) is 0 Å². The molecule has 0 aliphatic heterocycles. The number of hydrogen-bond donors (Lipinski definition) is 1. The minimum Gasteiger partial charge on any atom is -0.391 e. The van der Waals surface area contributed by atoms with Crippen LogP contribution in [0.5, 0.6) is 0 Å². The Morgan fingerprint density at radius 3 is 2.48 bits per heavy atom. The van der Waals surface area contributed by atoms with Crippen molar-refractivity contribution in [3.63, 3.8) is 0 Å². The molecule has 2 aromatic carbocycles. The van der Waals surface area contributed by atoms with E-state index in [1.54, 1.807) is 0 Å². The van der Waals surface area contributed by atoms with Gasteiger partial charge in [0.25, 0.3) is 5.69 Å². The SMILES string of the molecule is O=[N+]([O-])c1ccccc1-c1noc(-c2ccc(F)c(F)c2F)c1CO. The quantitative estimate of drug-likeness (QED) is 0.439. The molecule has 0 spiro atoms. The number of hydrogen-bond acceptors (Lipinski definition) is 5. The summed E-state index contributed by atoms with van der Waals surface area (Å²) in [5.41, 5.74) is -0.897. The summed E-state index contributed by atoms with van der Waals surface area (Å²) in [5, 5.41) is 24.4. The first-order valence-electron chi connectivity index (χ1n) is 6.92. The predicted molar refractivity (Wildman–Crippen MR) is 79.8 cm³/mol. The Morgan fingerprint density at radius 1 is 1.08 bits per heavy atom. The molecule has 0 saturated carbocycles. The number of halogens is 3. The Hall–Kier alpha value is -3.20. The van der Waals surface area contributed by atoms with E-state index in [9.17, 15) is 28.4 Å². The van der Waals surface area contributed by atoms with E-state index < -0.39 is 34.5 Å². The van der Waals surface area contributed by atoms with E-state index in [0.717, 1.165) is 6.07 Å². The van der Waals surface area contributed by atoms with E-state index in [0.29, 0.717) is 6.07 Å². The van der Waals surface area contributed by atoms with Crippen LogP contribution in [0.2, 0.25) is 0 Å². The van der Waals surface area contributed by atoms with Gasteiger partial charge in [0.15, 0.2) is 23.2 Å². The summed E-state index contributed by atoms with van der Waals surface area (Å²) in [6.07, 6.45) is 0. The normalized spacial score (nSPS) is 10.9. The molecule has 9 heteroatoms. The lowest BCUT2D eigenvalue weighted by Gasteiger charge is -2.04. The van der Waals surface area contributed by atoms with E-state index in [1.165, 1.54) is 24.3 Å². The molecule has 3 rings (SSSR count). The zero-order valence-electron chi connectivity index (χ0n) is 12.4. The third kappa shape index (κ3) is 2.74. The highest BCUT2D eigenvalue weighted by Crippen LogP contribution is 2.37. The van der Waals surface area contributed by atoms with Crippen molar-refractivity contribution in [1.29, 1.82) is 0 Å². The second-order valence-corrected chi connectivity index (χ2v) is 4.99. The van der Waals surface area contributed by atoms with E-state index in [4.69, 9.17) is 4.52 Å². The van der Waals surface area contributed by atoms with Gasteiger partial charge in [0.05, 0.1) is 28.2 Å². The van der Waals surface area contributed by atoms with Crippen molar-refractivity contribution in [3.8, 4) is 22.6 Å². The molecular weight excluding hydrogens is 341 g/mol. The molecular formula is C16H9F3N2O4. The van der Waals surface area contributed by atoms with Gasteiger partial charge >= 0.3 is 0 Å². The molecule has 6 nitrogen and oxygen atoms in total. The van der Waals surface area contributed by atoms with E-state index in [1.807, 2.05) is 0 Å². The topological polar surface area (TPSA) is 89.4 Å². The van der Waals surface area contributed by atoms with Crippen molar-refractivity contribution in [3.05, 3.63) is 69.5 Å². The van der Waals surface area contributed by atoms with Crippen molar-refractivity contribution in [2.75, 3.05) is 0 Å². The van der Waals surface area contributed by atoms with Crippen LogP contribution in [-0.4, -0.2) is 15.2 Å². The van der Waals surface area contributed by atoms with E-state index >= 15 is 0 Å². The van der Waals surface area contributed by atoms with Crippen LogP contribution in [0.25, 0.3) is 22.6 Å². The Morgan fingerprint density at radius 2 is 1.80 bits per heavy atom. The zero-order chi connectivity index (χ0) is 18.1. The Kier molecular flexibility index (Phi) is 4.24. The Balaban J connectivity index is 2.22. The van der Waals surface area contributed by atoms with E-state index in [-0.39, 0.29) is 28.3 Å². The number of aliphatic hydroxyl groups is 1. The van der Waals surface area contributed by atoms with Crippen LogP contribution in [0.1, 0.15) is 5.56 Å². The average molecular weight is 350 g/mol. The largest absolute Gasteiger partial charge is 0.391 e. The number of rotatable bonds is 4. The molecule has 0 unspecified atom stereocenters. The van der Waals surface area contributed by atoms with Crippen molar-refractivity contribution in [1.82, 2.24) is 5.16 Å². The van der Waals surface area contributed by atoms with Crippen LogP contribution in [0.15, 0.2) is 40.9 Å². The second-order valence-electron chi connectivity index (χ2n) is 4.99. The van der Waals surface area contributed by atoms with Crippen LogP contribution < -0.4 is 0 Å². The number of nitro groups is 1. The van der Waals surface area contributed by atoms with Crippen molar-refractivity contribution < 1.29 is 27.7 Å². The van der Waals surface area contributed by atoms with Gasteiger partial charge in [-0.2, -0.15) is 0 Å². The summed E-state index contributed by atoms with van der Waals surface area (Å²) in [4.78, 5) is 10.5. The fraction of sp³-hybridized carbons (Fsp3) is 0.0625. The fourth-order valence-corrected chi connectivity index (χ4v) is 2.41. The highest BCUT2D eigenvalue weighted by atomic mass is 19.2. The minimum atomic E-state index is -1.70. The summed E-state index contributed by atoms with van der Waals surface area (Å²) in [7, 11) is 0. The molecule has 0 aliphatic carbocycles. The van der Waals surface area contributed by atoms with Gasteiger partial charge in [0.1, 0.15) is 5.69 Å². The molecule has 128 valence electrons. The fourth-order valence-electron chi connectivity index (χ4n) is 2.41. The summed E-state index contributed by atoms with van der Waals surface area (Å²) >= 11 is 0. The van der Waals surface area contributed by atoms with Crippen LogP contribution in [-0.2, 0) is 6.61 Å². The molecule has 3 aromatic rings. The standard InChI is InChI=1S/C16H9F3N2O4/c17-11-6-5-9(13(18)14(11)19)16-10(7-22)15(20-25-16)8-3-1-2-4-12(8)21(23)24/h1-6,22H,7H2. The Labute approximate surface area is 138 Å². The number of benzene rings is 2. The summed E-state index contributed by atoms with van der Waals surface area (Å²) in [5.74, 6) is -4.94. The summed E-state index contributed by atoms with van der Waals surface area (Å²) in [6.45, 7) is -0.710. The van der Waals surface area contributed by atoms with Gasteiger partial charge in [-0.05, 0) is 18.2 Å². The second kappa shape index (κ2) is 6.36. The molecule has 0 bridgehead atoms. The first kappa shape index (κ1) is 16.7. The van der Waals surface area contributed by atoms with E-state index in [2.05, 4.69) is 5.16 Å². The monoisotopic (exact) mass is 350 g/mol. The molecule has 0 fully saturated rings. The number of para-hydroxylation sites is 1. The number of nitro benzene ring substituents is 1. The Bertz CT molecular complexity index is 972. The minimum absolute atomic E-state index is 0.0366. The smallest absolute Gasteiger partial charge is 0.278 e. The van der Waals surface area contributed by atoms with Crippen molar-refractivity contribution >= 4 is 5.69 Å². The third-order valence-electron chi connectivity index (χ3n) is 3.58. The lowest BCUT2D eigenvalue weighted by Crippen LogP contribution is -1.97. The molecule has 0 radical (unpaired) electrons. The lowest BCUT2D eigenvalue weighted by atomic mass is 10.0. The summed E-state index contributed by atoms with van der Waals surface area (Å²) < 4.78 is 45.5. The van der Waals surface area contributed by atoms with Gasteiger partial charge in [-0.25, -0.2) is 13.2 Å². The lowest BCUT2D eigenvalue weighted by molar-refractivity contribution is -0.384. The number of aromatic nitrogens is 1. The van der Waals surface area contributed by atoms with Gasteiger partial charge in [-0.3, -0.25) is 10.1 Å². The zero-order valence-corrected chi connectivity index (χ0v) is 12.4. The molecule has 25 heavy (non-hydrogen) atoms. The van der Waals surface area contributed by atoms with Gasteiger partial charge in [-0.15, -0.1) is 0 Å². The van der Waals surface area contributed by atoms with Gasteiger partial charge in [0.2, 0.25) is 0 Å². The molecule has 1 N–H and O–H groups in total. The third-order valence-corrected chi connectivity index (χ3v) is 3.58. The van der Waals surface area contributed by atoms with Gasteiger partial charge < -0.3 is 9.63 Å². The first-order chi connectivity index (χ1) is 12.0. The van der Waals surface area contributed by atoms with Crippen LogP contribution >= 0.6 is 0 Å². The molecule has 0 atom stereocenters. The number of aliphatic hydroxyl groups excluding tert-OH is 1. The highest BCUT2D eigenvalue weighted by Gasteiger charge is 2.27. The molecule has 1 heterocycles.